The van der Waals surface area contributed by atoms with Crippen molar-refractivity contribution < 1.29 is 36.8 Å². The molecule has 26 heavy (non-hydrogen) atoms. The maximum absolute atomic E-state index is 12.3. The van der Waals surface area contributed by atoms with Crippen LogP contribution in [0.3, 0.4) is 0 Å². The Morgan fingerprint density at radius 2 is 2.15 bits per heavy atom. The highest BCUT2D eigenvalue weighted by molar-refractivity contribution is 7.80. The molecule has 3 heterocycles. The summed E-state index contributed by atoms with van der Waals surface area (Å²) in [5.41, 5.74) is 2.32. The third-order valence-corrected chi connectivity index (χ3v) is 5.18. The number of fused-ring (bicyclic) bond motifs is 2. The van der Waals surface area contributed by atoms with E-state index < -0.39 is 34.4 Å². The molecule has 3 fully saturated rings. The van der Waals surface area contributed by atoms with Gasteiger partial charge in [0.2, 0.25) is 0 Å². The fraction of sp³-hybridized carbons (Fsp3) is 0.846. The first-order valence-corrected chi connectivity index (χ1v) is 9.67. The van der Waals surface area contributed by atoms with Crippen LogP contribution >= 0.6 is 0 Å². The lowest BCUT2D eigenvalue weighted by Crippen LogP contribution is -2.50. The number of piperidine rings is 1. The molecule has 2 bridgehead atoms. The van der Waals surface area contributed by atoms with E-state index in [1.165, 1.54) is 4.90 Å². The highest BCUT2D eigenvalue weighted by Crippen LogP contribution is 2.30. The molecule has 0 radical (unpaired) electrons. The molecular formula is C13H22N4O8S. The van der Waals surface area contributed by atoms with Gasteiger partial charge >= 0.3 is 16.4 Å². The summed E-state index contributed by atoms with van der Waals surface area (Å²) in [5.74, 6) is -0.340. The molecule has 13 heteroatoms. The van der Waals surface area contributed by atoms with Crippen LogP contribution in [0.1, 0.15) is 19.3 Å². The molecule has 0 aromatic rings. The zero-order chi connectivity index (χ0) is 18.9. The minimum Gasteiger partial charge on any atom is -0.396 e. The van der Waals surface area contributed by atoms with Crippen LogP contribution in [-0.2, 0) is 24.3 Å². The summed E-state index contributed by atoms with van der Waals surface area (Å²) in [4.78, 5) is 30.9. The van der Waals surface area contributed by atoms with Crippen molar-refractivity contribution in [3.05, 3.63) is 0 Å². The number of nitrogens with one attached hydrogen (secondary N) is 2. The summed E-state index contributed by atoms with van der Waals surface area (Å²) < 4.78 is 34.8. The molecule has 3 saturated heterocycles. The summed E-state index contributed by atoms with van der Waals surface area (Å²) in [6.07, 6.45) is 1.40. The highest BCUT2D eigenvalue weighted by atomic mass is 32.3. The second kappa shape index (κ2) is 7.62. The van der Waals surface area contributed by atoms with E-state index in [9.17, 15) is 18.0 Å². The highest BCUT2D eigenvalue weighted by Gasteiger charge is 2.49. The third kappa shape index (κ3) is 4.24. The topological polar surface area (TPSA) is 158 Å². The zero-order valence-electron chi connectivity index (χ0n) is 13.9. The number of aliphatic hydroxyl groups is 1. The van der Waals surface area contributed by atoms with E-state index in [-0.39, 0.29) is 31.7 Å². The Kier molecular flexibility index (Phi) is 5.64. The van der Waals surface area contributed by atoms with Gasteiger partial charge in [-0.3, -0.25) is 14.2 Å². The maximum Gasteiger partial charge on any atom is 0.418 e. The number of hydrogen-bond acceptors (Lipinski definition) is 8. The summed E-state index contributed by atoms with van der Waals surface area (Å²) in [5, 5.41) is 12.8. The average molecular weight is 394 g/mol. The second-order valence-corrected chi connectivity index (χ2v) is 7.68. The molecule has 0 aromatic heterocycles. The number of hydrogen-bond donors (Lipinski definition) is 4. The van der Waals surface area contributed by atoms with E-state index in [2.05, 4.69) is 15.1 Å². The Bertz CT molecular complexity index is 659. The minimum atomic E-state index is -4.82. The summed E-state index contributed by atoms with van der Waals surface area (Å²) in [7, 11) is -4.82. The van der Waals surface area contributed by atoms with Crippen molar-refractivity contribution in [1.82, 2.24) is 20.8 Å². The van der Waals surface area contributed by atoms with Gasteiger partial charge in [-0.1, -0.05) is 0 Å². The number of carbonyl (C=O) groups is 2. The van der Waals surface area contributed by atoms with Crippen LogP contribution < -0.4 is 10.8 Å². The average Bonchev–Trinajstić information content (AvgIpc) is 3.13. The van der Waals surface area contributed by atoms with Crippen molar-refractivity contribution in [3.8, 4) is 0 Å². The first-order valence-electron chi connectivity index (χ1n) is 8.31. The lowest BCUT2D eigenvalue weighted by atomic mass is 10.0. The number of aliphatic hydroxyl groups excluding tert-OH is 1. The maximum atomic E-state index is 12.3. The molecule has 0 spiro atoms. The van der Waals surface area contributed by atoms with Gasteiger partial charge < -0.3 is 15.3 Å². The van der Waals surface area contributed by atoms with Gasteiger partial charge in [0.1, 0.15) is 6.04 Å². The smallest absolute Gasteiger partial charge is 0.396 e. The van der Waals surface area contributed by atoms with E-state index in [1.807, 2.05) is 0 Å². The van der Waals surface area contributed by atoms with Gasteiger partial charge in [0.15, 0.2) is 0 Å². The second-order valence-electron chi connectivity index (χ2n) is 6.68. The number of nitrogens with zero attached hydrogens (tertiary/aromatic N) is 2. The van der Waals surface area contributed by atoms with Gasteiger partial charge in [-0.25, -0.2) is 10.3 Å². The SMILES string of the molecule is O=C(NOC[C@@H]1C[C@H](CO)CN1)[C@@H]1CC[C@@H]2CN1C(=O)N2OS(=O)(=O)O. The van der Waals surface area contributed by atoms with Crippen LogP contribution in [0.2, 0.25) is 0 Å². The predicted octanol–water partition coefficient (Wildman–Crippen LogP) is -1.99. The Labute approximate surface area is 150 Å². The lowest BCUT2D eigenvalue weighted by molar-refractivity contribution is -0.139. The zero-order valence-corrected chi connectivity index (χ0v) is 14.7. The number of carbonyl (C=O) groups excluding carboxylic acids is 2. The Hall–Kier alpha value is -1.51. The first-order chi connectivity index (χ1) is 12.3. The molecule has 3 amide bonds. The van der Waals surface area contributed by atoms with E-state index in [0.717, 1.165) is 6.42 Å². The fourth-order valence-corrected chi connectivity index (χ4v) is 3.94. The van der Waals surface area contributed by atoms with E-state index >= 15 is 0 Å². The molecule has 3 aliphatic rings. The van der Waals surface area contributed by atoms with E-state index in [1.54, 1.807) is 0 Å². The summed E-state index contributed by atoms with van der Waals surface area (Å²) in [6.45, 7) is 1.13. The molecule has 0 unspecified atom stereocenters. The summed E-state index contributed by atoms with van der Waals surface area (Å²) in [6, 6.07) is -2.13. The quantitative estimate of drug-likeness (QED) is 0.283. The molecule has 0 saturated carbocycles. The molecule has 0 aromatic carbocycles. The molecule has 0 aliphatic carbocycles. The van der Waals surface area contributed by atoms with Crippen LogP contribution in [0, 0.1) is 5.92 Å². The van der Waals surface area contributed by atoms with Crippen molar-refractivity contribution in [2.75, 3.05) is 26.3 Å². The number of hydroxylamine groups is 3. The third-order valence-electron chi connectivity index (χ3n) is 4.83. The van der Waals surface area contributed by atoms with Gasteiger partial charge in [0.25, 0.3) is 5.91 Å². The number of rotatable bonds is 7. The van der Waals surface area contributed by atoms with Crippen molar-refractivity contribution in [3.63, 3.8) is 0 Å². The Morgan fingerprint density at radius 1 is 1.38 bits per heavy atom. The van der Waals surface area contributed by atoms with E-state index in [4.69, 9.17) is 14.5 Å². The Balaban J connectivity index is 1.49. The number of urea groups is 1. The normalized spacial score (nSPS) is 31.5. The van der Waals surface area contributed by atoms with Gasteiger partial charge in [-0.05, 0) is 25.2 Å². The van der Waals surface area contributed by atoms with Gasteiger partial charge in [0.05, 0.1) is 12.6 Å². The van der Waals surface area contributed by atoms with Crippen LogP contribution in [0.4, 0.5) is 4.79 Å². The van der Waals surface area contributed by atoms with Gasteiger partial charge in [-0.15, -0.1) is 4.28 Å². The number of amides is 3. The monoisotopic (exact) mass is 394 g/mol. The molecule has 4 atom stereocenters. The largest absolute Gasteiger partial charge is 0.418 e. The molecule has 148 valence electrons. The van der Waals surface area contributed by atoms with Crippen molar-refractivity contribution in [1.29, 1.82) is 0 Å². The predicted molar refractivity (Wildman–Crippen MR) is 84.5 cm³/mol. The fourth-order valence-electron chi connectivity index (χ4n) is 3.55. The van der Waals surface area contributed by atoms with Crippen LogP contribution in [0.5, 0.6) is 0 Å². The minimum absolute atomic E-state index is 0.0234. The van der Waals surface area contributed by atoms with E-state index in [0.29, 0.717) is 24.4 Å². The van der Waals surface area contributed by atoms with Crippen molar-refractivity contribution in [2.45, 2.75) is 37.4 Å². The molecular weight excluding hydrogens is 372 g/mol. The van der Waals surface area contributed by atoms with Gasteiger partial charge in [0, 0.05) is 25.7 Å². The molecule has 12 nitrogen and oxygen atoms in total. The Morgan fingerprint density at radius 3 is 2.81 bits per heavy atom. The van der Waals surface area contributed by atoms with Crippen LogP contribution in [0.25, 0.3) is 0 Å². The van der Waals surface area contributed by atoms with Crippen molar-refractivity contribution in [2.24, 2.45) is 5.92 Å². The molecule has 4 N–H and O–H groups in total. The first kappa shape index (κ1) is 19.3. The van der Waals surface area contributed by atoms with Crippen molar-refractivity contribution >= 4 is 22.3 Å². The van der Waals surface area contributed by atoms with Gasteiger partial charge in [-0.2, -0.15) is 13.5 Å². The summed E-state index contributed by atoms with van der Waals surface area (Å²) >= 11 is 0. The van der Waals surface area contributed by atoms with Crippen LogP contribution in [-0.4, -0.2) is 84.4 Å². The molecule has 3 rings (SSSR count). The molecule has 3 aliphatic heterocycles. The lowest BCUT2D eigenvalue weighted by Gasteiger charge is -2.29. The van der Waals surface area contributed by atoms with Crippen LogP contribution in [0.15, 0.2) is 0 Å². The standard InChI is InChI=1S/C13H22N4O8S/c18-6-8-3-9(14-4-8)7-24-15-12(19)11-2-1-10-5-16(11)13(20)17(10)25-26(21,22)23/h8-11,14,18H,1-7H2,(H,15,19)(H,21,22,23)/t8-,9-,10+,11-/m0/s1.